The molecule has 0 amide bonds. The van der Waals surface area contributed by atoms with Gasteiger partial charge in [0, 0.05) is 6.04 Å². The van der Waals surface area contributed by atoms with Crippen LogP contribution in [-0.4, -0.2) is 46.8 Å². The molecule has 72 valence electrons. The Labute approximate surface area is 70.0 Å². The van der Waals surface area contributed by atoms with Crippen LogP contribution in [-0.2, 0) is 10.1 Å². The van der Waals surface area contributed by atoms with Gasteiger partial charge in [0.05, 0.1) is 6.10 Å². The maximum atomic E-state index is 10.6. The average Bonchev–Trinajstić information content (AvgIpc) is 2.15. The molecular weight excluding hydrogens is 186 g/mol. The fourth-order valence-electron chi connectivity index (χ4n) is 1.19. The van der Waals surface area contributed by atoms with Crippen LogP contribution in [0.4, 0.5) is 0 Å². The van der Waals surface area contributed by atoms with Crippen molar-refractivity contribution in [2.45, 2.75) is 30.5 Å². The van der Waals surface area contributed by atoms with E-state index in [1.54, 1.807) is 0 Å². The molecule has 0 bridgehead atoms. The number of rotatable bonds is 1. The molecule has 0 saturated carbocycles. The number of hydrogen-bond acceptors (Lipinski definition) is 5. The monoisotopic (exact) mass is 197 g/mol. The van der Waals surface area contributed by atoms with E-state index in [-0.39, 0.29) is 0 Å². The number of aliphatic hydroxyl groups is 2. The molecule has 0 radical (unpaired) electrons. The summed E-state index contributed by atoms with van der Waals surface area (Å²) in [5.74, 6) is 0. The first-order chi connectivity index (χ1) is 5.34. The Kier molecular flexibility index (Phi) is 2.41. The molecule has 1 saturated heterocycles. The Morgan fingerprint density at radius 2 is 1.75 bits per heavy atom. The van der Waals surface area contributed by atoms with Crippen molar-refractivity contribution in [1.82, 2.24) is 5.32 Å². The summed E-state index contributed by atoms with van der Waals surface area (Å²) in [5.41, 5.74) is 0. The van der Waals surface area contributed by atoms with Gasteiger partial charge in [-0.15, -0.1) is 0 Å². The van der Waals surface area contributed by atoms with E-state index in [0.29, 0.717) is 0 Å². The zero-order valence-electron chi connectivity index (χ0n) is 6.38. The normalized spacial score (nSPS) is 43.3. The van der Waals surface area contributed by atoms with Crippen LogP contribution in [0.1, 0.15) is 6.92 Å². The molecule has 6 nitrogen and oxygen atoms in total. The summed E-state index contributed by atoms with van der Waals surface area (Å²) in [4.78, 5) is 0. The maximum absolute atomic E-state index is 10.6. The summed E-state index contributed by atoms with van der Waals surface area (Å²) in [6.45, 7) is 1.51. The Morgan fingerprint density at radius 1 is 1.25 bits per heavy atom. The lowest BCUT2D eigenvalue weighted by molar-refractivity contribution is 0.0384. The second-order valence-electron chi connectivity index (χ2n) is 2.87. The van der Waals surface area contributed by atoms with E-state index in [4.69, 9.17) is 14.8 Å². The first kappa shape index (κ1) is 9.87. The molecule has 1 aliphatic heterocycles. The molecule has 12 heavy (non-hydrogen) atoms. The molecule has 4 N–H and O–H groups in total. The van der Waals surface area contributed by atoms with Crippen LogP contribution in [0.2, 0.25) is 0 Å². The van der Waals surface area contributed by atoms with E-state index >= 15 is 0 Å². The van der Waals surface area contributed by atoms with Crippen LogP contribution in [0, 0.1) is 0 Å². The zero-order valence-corrected chi connectivity index (χ0v) is 7.19. The molecule has 0 spiro atoms. The van der Waals surface area contributed by atoms with Crippen LogP contribution in [0.5, 0.6) is 0 Å². The molecule has 1 rings (SSSR count). The van der Waals surface area contributed by atoms with Gasteiger partial charge in [-0.25, -0.2) is 0 Å². The molecule has 1 heterocycles. The minimum absolute atomic E-state index is 0.549. The molecule has 0 aromatic carbocycles. The Balaban J connectivity index is 2.86. The van der Waals surface area contributed by atoms with Gasteiger partial charge in [-0.3, -0.25) is 9.87 Å². The maximum Gasteiger partial charge on any atom is 0.283 e. The Morgan fingerprint density at radius 3 is 1.92 bits per heavy atom. The molecule has 1 unspecified atom stereocenters. The van der Waals surface area contributed by atoms with Gasteiger partial charge in [0.2, 0.25) is 0 Å². The molecule has 1 aliphatic rings. The van der Waals surface area contributed by atoms with Gasteiger partial charge in [-0.2, -0.15) is 8.42 Å². The summed E-state index contributed by atoms with van der Waals surface area (Å²) < 4.78 is 29.7. The largest absolute Gasteiger partial charge is 0.389 e. The molecule has 7 heteroatoms. The predicted octanol–water partition coefficient (Wildman–Crippen LogP) is -2.09. The van der Waals surface area contributed by atoms with Crippen LogP contribution >= 0.6 is 0 Å². The third-order valence-corrected chi connectivity index (χ3v) is 2.98. The van der Waals surface area contributed by atoms with Gasteiger partial charge in [-0.05, 0) is 6.92 Å². The van der Waals surface area contributed by atoms with Crippen molar-refractivity contribution in [2.75, 3.05) is 0 Å². The highest BCUT2D eigenvalue weighted by Crippen LogP contribution is 2.17. The zero-order chi connectivity index (χ0) is 9.52. The quantitative estimate of drug-likeness (QED) is 0.359. The van der Waals surface area contributed by atoms with Crippen molar-refractivity contribution < 1.29 is 23.2 Å². The van der Waals surface area contributed by atoms with Crippen molar-refractivity contribution in [2.24, 2.45) is 0 Å². The van der Waals surface area contributed by atoms with Crippen LogP contribution in [0.25, 0.3) is 0 Å². The minimum Gasteiger partial charge on any atom is -0.389 e. The summed E-state index contributed by atoms with van der Waals surface area (Å²) in [6, 6.07) is -0.549. The molecular formula is C5H11NO5S. The van der Waals surface area contributed by atoms with Crippen molar-refractivity contribution in [3.05, 3.63) is 0 Å². The van der Waals surface area contributed by atoms with Crippen molar-refractivity contribution >= 4 is 10.1 Å². The van der Waals surface area contributed by atoms with Gasteiger partial charge >= 0.3 is 0 Å². The van der Waals surface area contributed by atoms with Crippen molar-refractivity contribution in [3.63, 3.8) is 0 Å². The van der Waals surface area contributed by atoms with E-state index < -0.39 is 33.7 Å². The molecule has 0 aromatic heterocycles. The van der Waals surface area contributed by atoms with E-state index in [9.17, 15) is 8.42 Å². The van der Waals surface area contributed by atoms with Crippen molar-refractivity contribution in [1.29, 1.82) is 0 Å². The predicted molar refractivity (Wildman–Crippen MR) is 39.9 cm³/mol. The summed E-state index contributed by atoms with van der Waals surface area (Å²) in [6.07, 6.45) is -2.65. The van der Waals surface area contributed by atoms with Gasteiger partial charge in [0.15, 0.2) is 5.37 Å². The van der Waals surface area contributed by atoms with Crippen LogP contribution in [0.3, 0.4) is 0 Å². The Bertz CT molecular complexity index is 263. The first-order valence-electron chi connectivity index (χ1n) is 3.42. The lowest BCUT2D eigenvalue weighted by Gasteiger charge is -2.11. The van der Waals surface area contributed by atoms with Crippen LogP contribution in [0.15, 0.2) is 0 Å². The van der Waals surface area contributed by atoms with Gasteiger partial charge in [0.1, 0.15) is 6.10 Å². The number of nitrogens with one attached hydrogen (secondary N) is 1. The third-order valence-electron chi connectivity index (χ3n) is 1.92. The second kappa shape index (κ2) is 2.93. The first-order valence-corrected chi connectivity index (χ1v) is 4.93. The highest BCUT2D eigenvalue weighted by atomic mass is 32.2. The summed E-state index contributed by atoms with van der Waals surface area (Å²) in [7, 11) is -4.34. The smallest absolute Gasteiger partial charge is 0.283 e. The second-order valence-corrected chi connectivity index (χ2v) is 4.41. The lowest BCUT2D eigenvalue weighted by atomic mass is 10.2. The fourth-order valence-corrected chi connectivity index (χ4v) is 2.09. The van der Waals surface area contributed by atoms with Crippen LogP contribution < -0.4 is 5.32 Å². The molecule has 4 atom stereocenters. The SMILES string of the molecule is C[C@@H]1NC(S(=O)(=O)O)[C@H](O)[C@@H]1O. The highest BCUT2D eigenvalue weighted by molar-refractivity contribution is 7.86. The lowest BCUT2D eigenvalue weighted by Crippen LogP contribution is -2.40. The summed E-state index contributed by atoms with van der Waals surface area (Å²) in [5, 5.41) is 19.1. The molecule has 0 aliphatic carbocycles. The Hall–Kier alpha value is -0.210. The van der Waals surface area contributed by atoms with E-state index in [1.807, 2.05) is 0 Å². The number of hydrogen-bond donors (Lipinski definition) is 4. The highest BCUT2D eigenvalue weighted by Gasteiger charge is 2.45. The fraction of sp³-hybridized carbons (Fsp3) is 1.00. The van der Waals surface area contributed by atoms with E-state index in [2.05, 4.69) is 5.32 Å². The molecule has 1 fully saturated rings. The van der Waals surface area contributed by atoms with E-state index in [1.165, 1.54) is 6.92 Å². The van der Waals surface area contributed by atoms with Gasteiger partial charge in [0.25, 0.3) is 10.1 Å². The summed E-state index contributed by atoms with van der Waals surface area (Å²) >= 11 is 0. The van der Waals surface area contributed by atoms with Crippen molar-refractivity contribution in [3.8, 4) is 0 Å². The third kappa shape index (κ3) is 1.59. The van der Waals surface area contributed by atoms with E-state index in [0.717, 1.165) is 0 Å². The van der Waals surface area contributed by atoms with Gasteiger partial charge < -0.3 is 10.2 Å². The standard InChI is InChI=1S/C5H11NO5S/c1-2-3(7)4(8)5(6-2)12(9,10)11/h2-8H,1H3,(H,9,10,11)/t2-,3+,4+,5?/m0/s1. The average molecular weight is 197 g/mol. The minimum atomic E-state index is -4.34. The van der Waals surface area contributed by atoms with Gasteiger partial charge in [-0.1, -0.05) is 0 Å². The number of aliphatic hydroxyl groups excluding tert-OH is 2. The molecule has 0 aromatic rings. The topological polar surface area (TPSA) is 107 Å².